The summed E-state index contributed by atoms with van der Waals surface area (Å²) in [6.07, 6.45) is 0.530. The second-order valence-corrected chi connectivity index (χ2v) is 6.46. The van der Waals surface area contributed by atoms with Gasteiger partial charge in [-0.1, -0.05) is 36.4 Å². The molecule has 7 heteroatoms. The molecule has 2 amide bonds. The van der Waals surface area contributed by atoms with Crippen molar-refractivity contribution in [1.29, 1.82) is 0 Å². The summed E-state index contributed by atoms with van der Waals surface area (Å²) in [7, 11) is 0. The molecule has 142 valence electrons. The lowest BCUT2D eigenvalue weighted by Crippen LogP contribution is -2.39. The molecule has 0 spiro atoms. The number of nitrogens with one attached hydrogen (secondary N) is 3. The number of ether oxygens (including phenoxy) is 1. The highest BCUT2D eigenvalue weighted by molar-refractivity contribution is 5.95. The van der Waals surface area contributed by atoms with Gasteiger partial charge in [0.05, 0.1) is 12.6 Å². The Morgan fingerprint density at radius 3 is 2.74 bits per heavy atom. The summed E-state index contributed by atoms with van der Waals surface area (Å²) in [6.45, 7) is 0.956. The number of benzene rings is 2. The first-order valence-electron chi connectivity index (χ1n) is 8.94. The molecule has 2 atom stereocenters. The lowest BCUT2D eigenvalue weighted by atomic mass is 10.1. The topological polar surface area (TPSA) is 105 Å². The van der Waals surface area contributed by atoms with Crippen LogP contribution in [0.4, 0.5) is 5.69 Å². The molecule has 1 aliphatic heterocycles. The largest absolute Gasteiger partial charge is 0.489 e. The van der Waals surface area contributed by atoms with Crippen molar-refractivity contribution in [3.63, 3.8) is 0 Å². The highest BCUT2D eigenvalue weighted by Crippen LogP contribution is 2.19. The van der Waals surface area contributed by atoms with Gasteiger partial charge >= 0.3 is 0 Å². The summed E-state index contributed by atoms with van der Waals surface area (Å²) >= 11 is 0. The van der Waals surface area contributed by atoms with Gasteiger partial charge in [0.2, 0.25) is 11.8 Å². The van der Waals surface area contributed by atoms with Crippen LogP contribution in [-0.2, 0) is 16.2 Å². The van der Waals surface area contributed by atoms with Crippen LogP contribution in [0.1, 0.15) is 12.0 Å². The second kappa shape index (κ2) is 9.16. The molecule has 1 saturated heterocycles. The zero-order valence-electron chi connectivity index (χ0n) is 15.0. The van der Waals surface area contributed by atoms with Crippen LogP contribution in [0.15, 0.2) is 54.6 Å². The van der Waals surface area contributed by atoms with Gasteiger partial charge in [-0.15, -0.1) is 0 Å². The van der Waals surface area contributed by atoms with Crippen molar-refractivity contribution in [2.75, 3.05) is 18.4 Å². The van der Waals surface area contributed by atoms with E-state index in [0.29, 0.717) is 31.0 Å². The number of anilines is 1. The minimum absolute atomic E-state index is 0.0524. The van der Waals surface area contributed by atoms with E-state index < -0.39 is 0 Å². The third-order valence-corrected chi connectivity index (χ3v) is 4.35. The maximum atomic E-state index is 12.5. The molecule has 0 bridgehead atoms. The monoisotopic (exact) mass is 368 g/mol. The Morgan fingerprint density at radius 2 is 1.96 bits per heavy atom. The molecule has 0 aromatic heterocycles. The molecular formula is C20H24N4O3. The predicted octanol–water partition coefficient (Wildman–Crippen LogP) is 1.01. The number of carbonyl (C=O) groups is 2. The van der Waals surface area contributed by atoms with E-state index >= 15 is 0 Å². The summed E-state index contributed by atoms with van der Waals surface area (Å²) in [5.41, 5.74) is 7.04. The third kappa shape index (κ3) is 5.54. The Balaban J connectivity index is 1.52. The van der Waals surface area contributed by atoms with Crippen LogP contribution in [0.25, 0.3) is 0 Å². The van der Waals surface area contributed by atoms with E-state index in [-0.39, 0.29) is 30.4 Å². The fraction of sp³-hybridized carbons (Fsp3) is 0.300. The molecule has 1 fully saturated rings. The van der Waals surface area contributed by atoms with E-state index in [0.717, 1.165) is 5.56 Å². The van der Waals surface area contributed by atoms with Gasteiger partial charge in [-0.2, -0.15) is 0 Å². The van der Waals surface area contributed by atoms with Crippen molar-refractivity contribution in [3.8, 4) is 5.75 Å². The van der Waals surface area contributed by atoms with E-state index in [1.54, 1.807) is 6.07 Å². The second-order valence-electron chi connectivity index (χ2n) is 6.46. The van der Waals surface area contributed by atoms with Crippen molar-refractivity contribution in [1.82, 2.24) is 10.6 Å². The molecule has 0 saturated carbocycles. The lowest BCUT2D eigenvalue weighted by Gasteiger charge is -2.13. The van der Waals surface area contributed by atoms with Crippen molar-refractivity contribution < 1.29 is 14.3 Å². The van der Waals surface area contributed by atoms with Gasteiger partial charge in [0.15, 0.2) is 0 Å². The Morgan fingerprint density at radius 1 is 1.15 bits per heavy atom. The summed E-state index contributed by atoms with van der Waals surface area (Å²) in [5.74, 6) is 0.329. The van der Waals surface area contributed by atoms with Crippen LogP contribution < -0.4 is 26.4 Å². The van der Waals surface area contributed by atoms with Gasteiger partial charge in [0, 0.05) is 24.3 Å². The first kappa shape index (κ1) is 18.9. The minimum atomic E-state index is -0.359. The Bertz CT molecular complexity index is 782. The number of hydrogen-bond donors (Lipinski definition) is 4. The highest BCUT2D eigenvalue weighted by atomic mass is 16.5. The van der Waals surface area contributed by atoms with Gasteiger partial charge in [-0.05, 0) is 24.1 Å². The van der Waals surface area contributed by atoms with Crippen molar-refractivity contribution in [2.24, 2.45) is 5.73 Å². The molecule has 2 aromatic rings. The predicted molar refractivity (Wildman–Crippen MR) is 103 cm³/mol. The van der Waals surface area contributed by atoms with Gasteiger partial charge in [-0.25, -0.2) is 0 Å². The van der Waals surface area contributed by atoms with Gasteiger partial charge in [0.1, 0.15) is 12.4 Å². The Labute approximate surface area is 158 Å². The first-order valence-corrected chi connectivity index (χ1v) is 8.94. The van der Waals surface area contributed by atoms with E-state index in [1.807, 2.05) is 48.5 Å². The number of carbonyl (C=O) groups excluding carboxylic acids is 2. The van der Waals surface area contributed by atoms with Gasteiger partial charge in [0.25, 0.3) is 0 Å². The van der Waals surface area contributed by atoms with Crippen LogP contribution >= 0.6 is 0 Å². The van der Waals surface area contributed by atoms with Crippen LogP contribution in [0.2, 0.25) is 0 Å². The number of hydrogen-bond acceptors (Lipinski definition) is 5. The average Bonchev–Trinajstić information content (AvgIpc) is 3.16. The van der Waals surface area contributed by atoms with E-state index in [9.17, 15) is 9.59 Å². The number of nitrogens with two attached hydrogens (primary N) is 1. The maximum absolute atomic E-state index is 12.5. The third-order valence-electron chi connectivity index (χ3n) is 4.35. The van der Waals surface area contributed by atoms with Crippen molar-refractivity contribution >= 4 is 17.5 Å². The van der Waals surface area contributed by atoms with Crippen molar-refractivity contribution in [3.05, 3.63) is 60.2 Å². The molecular weight excluding hydrogens is 344 g/mol. The van der Waals surface area contributed by atoms with E-state index in [1.165, 1.54) is 0 Å². The molecule has 0 unspecified atom stereocenters. The van der Waals surface area contributed by atoms with Crippen LogP contribution in [0.3, 0.4) is 0 Å². The molecule has 0 aliphatic carbocycles. The fourth-order valence-corrected chi connectivity index (χ4v) is 2.97. The standard InChI is InChI=1S/C20H24N4O3/c21-11-19(25)23-16-10-18(22-12-16)20(26)24-15-7-4-8-17(9-15)27-13-14-5-2-1-3-6-14/h1-9,16,18,22H,10-13,21H2,(H,23,25)(H,24,26)/t16-,18+/m0/s1. The SMILES string of the molecule is NCC(=O)N[C@@H]1CN[C@@H](C(=O)Nc2cccc(OCc3ccccc3)c2)C1. The number of amides is 2. The normalized spacial score (nSPS) is 18.7. The average molecular weight is 368 g/mol. The zero-order valence-corrected chi connectivity index (χ0v) is 15.0. The van der Waals surface area contributed by atoms with Gasteiger partial charge < -0.3 is 26.4 Å². The molecule has 5 N–H and O–H groups in total. The van der Waals surface area contributed by atoms with Gasteiger partial charge in [-0.3, -0.25) is 9.59 Å². The quantitative estimate of drug-likeness (QED) is 0.584. The Kier molecular flexibility index (Phi) is 6.40. The van der Waals surface area contributed by atoms with Crippen LogP contribution in [-0.4, -0.2) is 37.0 Å². The van der Waals surface area contributed by atoms with Crippen LogP contribution in [0.5, 0.6) is 5.75 Å². The molecule has 3 rings (SSSR count). The van der Waals surface area contributed by atoms with E-state index in [2.05, 4.69) is 16.0 Å². The summed E-state index contributed by atoms with van der Waals surface area (Å²) in [5, 5.41) is 8.80. The lowest BCUT2D eigenvalue weighted by molar-refractivity contribution is -0.121. The first-order chi connectivity index (χ1) is 13.1. The molecule has 7 nitrogen and oxygen atoms in total. The summed E-state index contributed by atoms with van der Waals surface area (Å²) in [6, 6.07) is 16.7. The molecule has 0 radical (unpaired) electrons. The number of rotatable bonds is 7. The summed E-state index contributed by atoms with van der Waals surface area (Å²) < 4.78 is 5.79. The molecule has 1 heterocycles. The molecule has 27 heavy (non-hydrogen) atoms. The van der Waals surface area contributed by atoms with Crippen molar-refractivity contribution in [2.45, 2.75) is 25.1 Å². The minimum Gasteiger partial charge on any atom is -0.489 e. The smallest absolute Gasteiger partial charge is 0.241 e. The molecule has 1 aliphatic rings. The van der Waals surface area contributed by atoms with E-state index in [4.69, 9.17) is 10.5 Å². The fourth-order valence-electron chi connectivity index (χ4n) is 2.97. The van der Waals surface area contributed by atoms with Crippen LogP contribution in [0, 0.1) is 0 Å². The maximum Gasteiger partial charge on any atom is 0.241 e. The summed E-state index contributed by atoms with van der Waals surface area (Å²) in [4.78, 5) is 23.8. The highest BCUT2D eigenvalue weighted by Gasteiger charge is 2.30. The zero-order chi connectivity index (χ0) is 19.1. The molecule has 2 aromatic carbocycles. The Hall–Kier alpha value is -2.90.